The van der Waals surface area contributed by atoms with E-state index in [-0.39, 0.29) is 0 Å². The molecule has 1 heteroatoms. The Kier molecular flexibility index (Phi) is 4.88. The monoisotopic (exact) mass is 146 g/mol. The average molecular weight is 147 g/mol. The number of hydrogen-bond donors (Lipinski definition) is 0. The summed E-state index contributed by atoms with van der Waals surface area (Å²) in [5.41, 5.74) is 1.25. The van der Waals surface area contributed by atoms with Crippen LogP contribution in [0.15, 0.2) is 10.6 Å². The molecular weight excluding hydrogens is 132 g/mol. The lowest BCUT2D eigenvalue weighted by atomic mass is 10.2. The molecule has 0 unspecified atom stereocenters. The number of allylic oxidation sites excluding steroid dienone is 2. The van der Waals surface area contributed by atoms with Gasteiger partial charge in [0, 0.05) is 5.03 Å². The molecule has 0 atom stereocenters. The Labute approximate surface area is 62.9 Å². The fraction of sp³-hybridized carbons (Fsp3) is 0.750. The Morgan fingerprint density at radius 2 is 1.89 bits per heavy atom. The molecule has 0 aromatic heterocycles. The molecule has 0 N–H and O–H groups in total. The van der Waals surface area contributed by atoms with Crippen LogP contribution in [0.4, 0.5) is 0 Å². The van der Waals surface area contributed by atoms with Crippen molar-refractivity contribution >= 4 is 11.6 Å². The van der Waals surface area contributed by atoms with Crippen LogP contribution in [-0.2, 0) is 0 Å². The van der Waals surface area contributed by atoms with Crippen LogP contribution >= 0.6 is 11.6 Å². The summed E-state index contributed by atoms with van der Waals surface area (Å²) in [6.07, 6.45) is 3.49. The first-order valence-corrected chi connectivity index (χ1v) is 3.88. The van der Waals surface area contributed by atoms with Crippen LogP contribution in [0.5, 0.6) is 0 Å². The Balaban J connectivity index is 3.50. The minimum absolute atomic E-state index is 1.04. The van der Waals surface area contributed by atoms with Gasteiger partial charge in [0.15, 0.2) is 0 Å². The molecule has 0 radical (unpaired) electrons. The summed E-state index contributed by atoms with van der Waals surface area (Å²) in [6.45, 7) is 6.28. The van der Waals surface area contributed by atoms with Crippen molar-refractivity contribution in [3.63, 3.8) is 0 Å². The summed E-state index contributed by atoms with van der Waals surface area (Å²) in [7, 11) is 0. The zero-order valence-electron chi connectivity index (χ0n) is 6.50. The molecule has 0 aliphatic heterocycles. The summed E-state index contributed by atoms with van der Waals surface area (Å²) < 4.78 is 0. The van der Waals surface area contributed by atoms with Gasteiger partial charge in [0.1, 0.15) is 0 Å². The van der Waals surface area contributed by atoms with Crippen molar-refractivity contribution in [1.82, 2.24) is 0 Å². The predicted molar refractivity (Wildman–Crippen MR) is 43.8 cm³/mol. The van der Waals surface area contributed by atoms with Gasteiger partial charge in [-0.05, 0) is 26.7 Å². The van der Waals surface area contributed by atoms with Crippen molar-refractivity contribution in [1.29, 1.82) is 0 Å². The van der Waals surface area contributed by atoms with Gasteiger partial charge in [0.05, 0.1) is 0 Å². The van der Waals surface area contributed by atoms with Crippen LogP contribution in [0, 0.1) is 0 Å². The summed E-state index contributed by atoms with van der Waals surface area (Å²) in [6, 6.07) is 0. The molecule has 54 valence electrons. The van der Waals surface area contributed by atoms with Gasteiger partial charge in [-0.3, -0.25) is 0 Å². The van der Waals surface area contributed by atoms with Crippen molar-refractivity contribution in [3.05, 3.63) is 10.6 Å². The van der Waals surface area contributed by atoms with Crippen LogP contribution in [0.25, 0.3) is 0 Å². The SMILES string of the molecule is CCCCC(Cl)=C(C)C. The fourth-order valence-electron chi connectivity index (χ4n) is 0.582. The van der Waals surface area contributed by atoms with E-state index in [1.165, 1.54) is 18.4 Å². The van der Waals surface area contributed by atoms with Gasteiger partial charge in [-0.25, -0.2) is 0 Å². The lowest BCUT2D eigenvalue weighted by Crippen LogP contribution is -1.76. The molecule has 0 saturated carbocycles. The smallest absolute Gasteiger partial charge is 0.0167 e. The second kappa shape index (κ2) is 4.87. The summed E-state index contributed by atoms with van der Waals surface area (Å²) in [5.74, 6) is 0. The lowest BCUT2D eigenvalue weighted by molar-refractivity contribution is 0.802. The van der Waals surface area contributed by atoms with E-state index in [0.717, 1.165) is 11.5 Å². The second-order valence-corrected chi connectivity index (χ2v) is 2.96. The van der Waals surface area contributed by atoms with Gasteiger partial charge in [0.2, 0.25) is 0 Å². The van der Waals surface area contributed by atoms with Gasteiger partial charge < -0.3 is 0 Å². The van der Waals surface area contributed by atoms with E-state index in [1.54, 1.807) is 0 Å². The van der Waals surface area contributed by atoms with Gasteiger partial charge >= 0.3 is 0 Å². The van der Waals surface area contributed by atoms with E-state index in [9.17, 15) is 0 Å². The Bertz CT molecular complexity index is 99.1. The fourth-order valence-corrected chi connectivity index (χ4v) is 0.716. The van der Waals surface area contributed by atoms with Gasteiger partial charge in [-0.1, -0.05) is 30.5 Å². The highest BCUT2D eigenvalue weighted by Crippen LogP contribution is 2.15. The van der Waals surface area contributed by atoms with Crippen molar-refractivity contribution in [3.8, 4) is 0 Å². The number of rotatable bonds is 3. The number of hydrogen-bond acceptors (Lipinski definition) is 0. The minimum Gasteiger partial charge on any atom is -0.0892 e. The summed E-state index contributed by atoms with van der Waals surface area (Å²) in [4.78, 5) is 0. The Morgan fingerprint density at radius 1 is 1.33 bits per heavy atom. The molecule has 9 heavy (non-hydrogen) atoms. The first-order valence-electron chi connectivity index (χ1n) is 3.50. The number of unbranched alkanes of at least 4 members (excludes halogenated alkanes) is 1. The van der Waals surface area contributed by atoms with Gasteiger partial charge in [-0.15, -0.1) is 0 Å². The Morgan fingerprint density at radius 3 is 2.22 bits per heavy atom. The van der Waals surface area contributed by atoms with Gasteiger partial charge in [0.25, 0.3) is 0 Å². The molecule has 0 aromatic rings. The highest BCUT2D eigenvalue weighted by molar-refractivity contribution is 6.29. The van der Waals surface area contributed by atoms with Crippen LogP contribution < -0.4 is 0 Å². The lowest BCUT2D eigenvalue weighted by Gasteiger charge is -1.97. The molecule has 0 saturated heterocycles. The van der Waals surface area contributed by atoms with Crippen molar-refractivity contribution < 1.29 is 0 Å². The molecule has 0 heterocycles. The third-order valence-electron chi connectivity index (χ3n) is 1.29. The summed E-state index contributed by atoms with van der Waals surface area (Å²) in [5, 5.41) is 1.04. The van der Waals surface area contributed by atoms with Crippen molar-refractivity contribution in [2.45, 2.75) is 40.0 Å². The second-order valence-electron chi connectivity index (χ2n) is 2.51. The van der Waals surface area contributed by atoms with E-state index >= 15 is 0 Å². The van der Waals surface area contributed by atoms with Crippen molar-refractivity contribution in [2.24, 2.45) is 0 Å². The van der Waals surface area contributed by atoms with E-state index in [2.05, 4.69) is 20.8 Å². The first-order chi connectivity index (χ1) is 4.18. The van der Waals surface area contributed by atoms with E-state index in [4.69, 9.17) is 11.6 Å². The topological polar surface area (TPSA) is 0 Å². The van der Waals surface area contributed by atoms with Crippen LogP contribution in [-0.4, -0.2) is 0 Å². The van der Waals surface area contributed by atoms with Crippen molar-refractivity contribution in [2.75, 3.05) is 0 Å². The zero-order valence-corrected chi connectivity index (χ0v) is 7.26. The number of halogens is 1. The minimum atomic E-state index is 1.04. The quantitative estimate of drug-likeness (QED) is 0.570. The molecule has 0 spiro atoms. The van der Waals surface area contributed by atoms with Crippen LogP contribution in [0.1, 0.15) is 40.0 Å². The maximum Gasteiger partial charge on any atom is 0.0167 e. The molecule has 0 rings (SSSR count). The predicted octanol–water partition coefficient (Wildman–Crippen LogP) is 3.71. The zero-order chi connectivity index (χ0) is 7.28. The summed E-state index contributed by atoms with van der Waals surface area (Å²) >= 11 is 5.87. The largest absolute Gasteiger partial charge is 0.0892 e. The molecule has 0 aromatic carbocycles. The normalized spacial score (nSPS) is 9.33. The third-order valence-corrected chi connectivity index (χ3v) is 1.86. The van der Waals surface area contributed by atoms with E-state index in [1.807, 2.05) is 0 Å². The molecule has 0 fully saturated rings. The van der Waals surface area contributed by atoms with E-state index < -0.39 is 0 Å². The molecule has 0 nitrogen and oxygen atoms in total. The maximum atomic E-state index is 5.87. The molecule has 0 amide bonds. The van der Waals surface area contributed by atoms with Crippen LogP contribution in [0.3, 0.4) is 0 Å². The maximum absolute atomic E-state index is 5.87. The highest BCUT2D eigenvalue weighted by Gasteiger charge is 1.92. The first kappa shape index (κ1) is 9.03. The standard InChI is InChI=1S/C8H15Cl/c1-4-5-6-8(9)7(2)3/h4-6H2,1-3H3. The Hall–Kier alpha value is 0.0300. The average Bonchev–Trinajstić information content (AvgIpc) is 1.82. The third kappa shape index (κ3) is 4.53. The van der Waals surface area contributed by atoms with E-state index in [0.29, 0.717) is 0 Å². The van der Waals surface area contributed by atoms with Crippen LogP contribution in [0.2, 0.25) is 0 Å². The molecular formula is C8H15Cl. The van der Waals surface area contributed by atoms with Gasteiger partial charge in [-0.2, -0.15) is 0 Å². The molecule has 0 bridgehead atoms. The highest BCUT2D eigenvalue weighted by atomic mass is 35.5. The molecule has 0 aliphatic rings. The molecule has 0 aliphatic carbocycles.